The lowest BCUT2D eigenvalue weighted by molar-refractivity contribution is -0.155. The zero-order valence-electron chi connectivity index (χ0n) is 15.3. The third-order valence-corrected chi connectivity index (χ3v) is 4.31. The number of esters is 1. The molecule has 1 aromatic carbocycles. The zero-order valence-corrected chi connectivity index (χ0v) is 15.3. The van der Waals surface area contributed by atoms with Gasteiger partial charge >= 0.3 is 12.0 Å². The average Bonchev–Trinajstić information content (AvgIpc) is 2.85. The monoisotopic (exact) mass is 401 g/mol. The number of urea groups is 1. The molecule has 1 aromatic rings. The van der Waals surface area contributed by atoms with Gasteiger partial charge in [-0.25, -0.2) is 18.0 Å². The Kier molecular flexibility index (Phi) is 5.95. The summed E-state index contributed by atoms with van der Waals surface area (Å²) in [5.74, 6) is -7.49. The molecule has 1 saturated heterocycles. The van der Waals surface area contributed by atoms with E-state index in [1.807, 2.05) is 5.32 Å². The second-order valence-electron chi connectivity index (χ2n) is 6.35. The van der Waals surface area contributed by atoms with E-state index in [-0.39, 0.29) is 0 Å². The van der Waals surface area contributed by atoms with Gasteiger partial charge in [-0.3, -0.25) is 19.3 Å². The van der Waals surface area contributed by atoms with Crippen molar-refractivity contribution in [1.29, 1.82) is 0 Å². The van der Waals surface area contributed by atoms with E-state index in [2.05, 4.69) is 5.32 Å². The molecule has 0 unspecified atom stereocenters. The van der Waals surface area contributed by atoms with Crippen LogP contribution in [0.4, 0.5) is 23.7 Å². The highest BCUT2D eigenvalue weighted by atomic mass is 19.2. The van der Waals surface area contributed by atoms with Crippen LogP contribution in [0.3, 0.4) is 0 Å². The van der Waals surface area contributed by atoms with E-state index >= 15 is 0 Å². The smallest absolute Gasteiger partial charge is 0.327 e. The van der Waals surface area contributed by atoms with Gasteiger partial charge in [0, 0.05) is 0 Å². The highest BCUT2D eigenvalue weighted by Crippen LogP contribution is 2.21. The van der Waals surface area contributed by atoms with Gasteiger partial charge in [0.15, 0.2) is 23.6 Å². The van der Waals surface area contributed by atoms with Crippen LogP contribution >= 0.6 is 0 Å². The summed E-state index contributed by atoms with van der Waals surface area (Å²) < 4.78 is 44.5. The Morgan fingerprint density at radius 3 is 2.46 bits per heavy atom. The number of benzene rings is 1. The summed E-state index contributed by atoms with van der Waals surface area (Å²) in [6, 6.07) is 0.652. The lowest BCUT2D eigenvalue weighted by Crippen LogP contribution is -2.44. The maximum absolute atomic E-state index is 13.6. The van der Waals surface area contributed by atoms with Crippen molar-refractivity contribution in [2.24, 2.45) is 0 Å². The number of imide groups is 1. The summed E-state index contributed by atoms with van der Waals surface area (Å²) in [7, 11) is 0. The van der Waals surface area contributed by atoms with Crippen LogP contribution in [0.5, 0.6) is 0 Å². The molecule has 0 aliphatic carbocycles. The van der Waals surface area contributed by atoms with Crippen LogP contribution in [0, 0.1) is 17.5 Å². The second-order valence-corrected chi connectivity index (χ2v) is 6.35. The Labute approximate surface area is 158 Å². The second kappa shape index (κ2) is 7.87. The fourth-order valence-electron chi connectivity index (χ4n) is 2.40. The lowest BCUT2D eigenvalue weighted by atomic mass is 9.99. The third kappa shape index (κ3) is 4.07. The van der Waals surface area contributed by atoms with Crippen molar-refractivity contribution in [3.63, 3.8) is 0 Å². The summed E-state index contributed by atoms with van der Waals surface area (Å²) >= 11 is 0. The van der Waals surface area contributed by atoms with Crippen LogP contribution in [0.25, 0.3) is 0 Å². The van der Waals surface area contributed by atoms with Gasteiger partial charge in [-0.05, 0) is 32.4 Å². The molecule has 1 aliphatic heterocycles. The highest BCUT2D eigenvalue weighted by Gasteiger charge is 2.47. The van der Waals surface area contributed by atoms with E-state index in [0.29, 0.717) is 17.4 Å². The Bertz CT molecular complexity index is 848. The van der Waals surface area contributed by atoms with Crippen molar-refractivity contribution in [2.45, 2.75) is 38.8 Å². The standard InChI is InChI=1S/C17H18F3N3O5/c1-4-17(3)15(26)23(16(27)22-17)7-11(24)28-8(2)14(25)21-10-6-5-9(18)12(19)13(10)20/h5-6,8H,4,7H2,1-3H3,(H,21,25)(H,22,27)/t8-,17+/m0/s1. The van der Waals surface area contributed by atoms with Crippen molar-refractivity contribution in [2.75, 3.05) is 11.9 Å². The van der Waals surface area contributed by atoms with Crippen LogP contribution in [0.1, 0.15) is 27.2 Å². The molecule has 0 bridgehead atoms. The Morgan fingerprint density at radius 1 is 1.25 bits per heavy atom. The number of nitrogens with one attached hydrogen (secondary N) is 2. The molecule has 0 saturated carbocycles. The highest BCUT2D eigenvalue weighted by molar-refractivity contribution is 6.08. The molecule has 1 aliphatic rings. The number of ether oxygens (including phenoxy) is 1. The first-order chi connectivity index (χ1) is 13.0. The van der Waals surface area contributed by atoms with Crippen LogP contribution in [-0.2, 0) is 19.1 Å². The van der Waals surface area contributed by atoms with Crippen molar-refractivity contribution in [3.8, 4) is 0 Å². The molecular weight excluding hydrogens is 383 g/mol. The quantitative estimate of drug-likeness (QED) is 0.429. The van der Waals surface area contributed by atoms with Gasteiger partial charge in [0.1, 0.15) is 12.1 Å². The van der Waals surface area contributed by atoms with Gasteiger partial charge in [-0.1, -0.05) is 6.92 Å². The van der Waals surface area contributed by atoms with E-state index in [9.17, 15) is 32.3 Å². The summed E-state index contributed by atoms with van der Waals surface area (Å²) in [5, 5.41) is 4.41. The molecule has 0 spiro atoms. The molecule has 0 radical (unpaired) electrons. The molecule has 4 amide bonds. The van der Waals surface area contributed by atoms with Crippen molar-refractivity contribution in [1.82, 2.24) is 10.2 Å². The van der Waals surface area contributed by atoms with Crippen molar-refractivity contribution in [3.05, 3.63) is 29.6 Å². The van der Waals surface area contributed by atoms with Gasteiger partial charge < -0.3 is 15.4 Å². The van der Waals surface area contributed by atoms with Crippen LogP contribution in [0.2, 0.25) is 0 Å². The van der Waals surface area contributed by atoms with Gasteiger partial charge in [0.2, 0.25) is 0 Å². The molecule has 2 N–H and O–H groups in total. The molecular formula is C17H18F3N3O5. The van der Waals surface area contributed by atoms with E-state index in [1.165, 1.54) is 6.92 Å². The normalized spacial score (nSPS) is 20.0. The van der Waals surface area contributed by atoms with Gasteiger partial charge in [-0.2, -0.15) is 0 Å². The van der Waals surface area contributed by atoms with Gasteiger partial charge in [0.25, 0.3) is 11.8 Å². The fourth-order valence-corrected chi connectivity index (χ4v) is 2.40. The number of hydrogen-bond donors (Lipinski definition) is 2. The molecule has 11 heteroatoms. The number of rotatable bonds is 6. The summed E-state index contributed by atoms with van der Waals surface area (Å²) in [6.07, 6.45) is -1.15. The zero-order chi connectivity index (χ0) is 21.2. The predicted octanol–water partition coefficient (Wildman–Crippen LogP) is 1.69. The number of nitrogens with zero attached hydrogens (tertiary/aromatic N) is 1. The molecule has 2 rings (SSSR count). The summed E-state index contributed by atoms with van der Waals surface area (Å²) in [4.78, 5) is 48.7. The number of amides is 4. The molecule has 0 aromatic heterocycles. The average molecular weight is 401 g/mol. The molecule has 28 heavy (non-hydrogen) atoms. The SMILES string of the molecule is CC[C@@]1(C)NC(=O)N(CC(=O)O[C@@H](C)C(=O)Nc2ccc(F)c(F)c2F)C1=O. The maximum Gasteiger partial charge on any atom is 0.327 e. The first-order valence-electron chi connectivity index (χ1n) is 8.28. The van der Waals surface area contributed by atoms with Crippen LogP contribution in [0.15, 0.2) is 12.1 Å². The Balaban J connectivity index is 1.97. The predicted molar refractivity (Wildman–Crippen MR) is 89.4 cm³/mol. The Hall–Kier alpha value is -3.11. The van der Waals surface area contributed by atoms with Crippen LogP contribution < -0.4 is 10.6 Å². The number of carbonyl (C=O) groups excluding carboxylic acids is 4. The van der Waals surface area contributed by atoms with Crippen LogP contribution in [-0.4, -0.2) is 46.9 Å². The first kappa shape index (κ1) is 21.2. The largest absolute Gasteiger partial charge is 0.451 e. The minimum Gasteiger partial charge on any atom is -0.451 e. The fraction of sp³-hybridized carbons (Fsp3) is 0.412. The van der Waals surface area contributed by atoms with E-state index in [0.717, 1.165) is 13.0 Å². The Morgan fingerprint density at radius 2 is 1.89 bits per heavy atom. The molecule has 2 atom stereocenters. The molecule has 8 nitrogen and oxygen atoms in total. The molecule has 1 fully saturated rings. The first-order valence-corrected chi connectivity index (χ1v) is 8.28. The molecule has 1 heterocycles. The summed E-state index contributed by atoms with van der Waals surface area (Å²) in [5.41, 5.74) is -1.77. The number of carbonyl (C=O) groups is 4. The number of hydrogen-bond acceptors (Lipinski definition) is 5. The van der Waals surface area contributed by atoms with E-state index in [4.69, 9.17) is 4.74 Å². The van der Waals surface area contributed by atoms with Gasteiger partial charge in [0.05, 0.1) is 5.69 Å². The number of anilines is 1. The topological polar surface area (TPSA) is 105 Å². The van der Waals surface area contributed by atoms with Crippen molar-refractivity contribution >= 4 is 29.5 Å². The lowest BCUT2D eigenvalue weighted by Gasteiger charge is -2.19. The molecule has 152 valence electrons. The number of halogens is 3. The maximum atomic E-state index is 13.6. The summed E-state index contributed by atoms with van der Waals surface area (Å²) in [6.45, 7) is 3.61. The van der Waals surface area contributed by atoms with E-state index in [1.54, 1.807) is 6.92 Å². The minimum absolute atomic E-state index is 0.307. The van der Waals surface area contributed by atoms with Crippen molar-refractivity contribution < 1.29 is 37.1 Å². The third-order valence-electron chi connectivity index (χ3n) is 4.31. The minimum atomic E-state index is -1.76. The van der Waals surface area contributed by atoms with E-state index < -0.39 is 65.1 Å². The van der Waals surface area contributed by atoms with Gasteiger partial charge in [-0.15, -0.1) is 0 Å².